The van der Waals surface area contributed by atoms with E-state index in [1.54, 1.807) is 0 Å². The molecule has 1 aliphatic rings. The third-order valence-electron chi connectivity index (χ3n) is 1.73. The molecule has 44 valence electrons. The fourth-order valence-electron chi connectivity index (χ4n) is 0.861. The summed E-state index contributed by atoms with van der Waals surface area (Å²) in [5.41, 5.74) is 0. The van der Waals surface area contributed by atoms with Gasteiger partial charge in [-0.15, -0.1) is 0 Å². The van der Waals surface area contributed by atoms with Gasteiger partial charge in [0.1, 0.15) is 6.10 Å². The highest BCUT2D eigenvalue weighted by atomic mass is 16.3. The number of aliphatic hydroxyl groups excluding tert-OH is 1. The Hall–Kier alpha value is -0.550. The van der Waals surface area contributed by atoms with Crippen LogP contribution >= 0.6 is 0 Å². The van der Waals surface area contributed by atoms with E-state index in [-0.39, 0.29) is 0 Å². The number of hydrogen-bond acceptors (Lipinski definition) is 2. The van der Waals surface area contributed by atoms with Crippen LogP contribution in [-0.4, -0.2) is 11.2 Å². The zero-order chi connectivity index (χ0) is 5.98. The predicted molar refractivity (Wildman–Crippen MR) is 29.0 cm³/mol. The zero-order valence-corrected chi connectivity index (χ0v) is 4.67. The Balaban J connectivity index is 2.26. The lowest BCUT2D eigenvalue weighted by Crippen LogP contribution is -2.24. The van der Waals surface area contributed by atoms with Gasteiger partial charge in [-0.3, -0.25) is 0 Å². The van der Waals surface area contributed by atoms with Crippen molar-refractivity contribution in [2.75, 3.05) is 0 Å². The number of rotatable bonds is 1. The van der Waals surface area contributed by atoms with E-state index in [1.807, 2.05) is 6.07 Å². The lowest BCUT2D eigenvalue weighted by molar-refractivity contribution is 0.106. The Labute approximate surface area is 48.7 Å². The minimum Gasteiger partial charge on any atom is -0.378 e. The first-order valence-corrected chi connectivity index (χ1v) is 2.92. The van der Waals surface area contributed by atoms with Crippen LogP contribution in [0.15, 0.2) is 0 Å². The molecule has 0 heterocycles. The lowest BCUT2D eigenvalue weighted by atomic mass is 9.82. The van der Waals surface area contributed by atoms with Crippen LogP contribution in [-0.2, 0) is 0 Å². The Morgan fingerprint density at radius 3 is 2.38 bits per heavy atom. The molecule has 0 amide bonds. The van der Waals surface area contributed by atoms with Gasteiger partial charge in [0.25, 0.3) is 0 Å². The summed E-state index contributed by atoms with van der Waals surface area (Å²) in [5.74, 6) is 0.292. The largest absolute Gasteiger partial charge is 0.378 e. The van der Waals surface area contributed by atoms with Gasteiger partial charge >= 0.3 is 0 Å². The minimum atomic E-state index is -0.691. The molecule has 2 nitrogen and oxygen atoms in total. The number of hydrogen-bond donors (Lipinski definition) is 1. The molecule has 0 aromatic rings. The maximum Gasteiger partial charge on any atom is 0.143 e. The van der Waals surface area contributed by atoms with Gasteiger partial charge in [0.05, 0.1) is 6.07 Å². The second-order valence-electron chi connectivity index (χ2n) is 2.26. The molecule has 2 heteroatoms. The van der Waals surface area contributed by atoms with Gasteiger partial charge in [0.2, 0.25) is 0 Å². The summed E-state index contributed by atoms with van der Waals surface area (Å²) in [6.07, 6.45) is 2.57. The fourth-order valence-corrected chi connectivity index (χ4v) is 0.861. The second-order valence-corrected chi connectivity index (χ2v) is 2.26. The predicted octanol–water partition coefficient (Wildman–Crippen LogP) is 0.671. The smallest absolute Gasteiger partial charge is 0.143 e. The van der Waals surface area contributed by atoms with Gasteiger partial charge in [-0.05, 0) is 18.8 Å². The van der Waals surface area contributed by atoms with Gasteiger partial charge in [-0.2, -0.15) is 5.26 Å². The first-order chi connectivity index (χ1) is 3.84. The summed E-state index contributed by atoms with van der Waals surface area (Å²) in [6.45, 7) is 0. The molecular formula is C6H9NO. The van der Waals surface area contributed by atoms with E-state index in [2.05, 4.69) is 0 Å². The topological polar surface area (TPSA) is 44.0 Å². The highest BCUT2D eigenvalue weighted by Crippen LogP contribution is 2.28. The Morgan fingerprint density at radius 1 is 1.62 bits per heavy atom. The summed E-state index contributed by atoms with van der Waals surface area (Å²) < 4.78 is 0. The van der Waals surface area contributed by atoms with Crippen molar-refractivity contribution < 1.29 is 5.11 Å². The maximum atomic E-state index is 8.82. The third kappa shape index (κ3) is 0.823. The monoisotopic (exact) mass is 111 g/mol. The minimum absolute atomic E-state index is 0.292. The van der Waals surface area contributed by atoms with Crippen molar-refractivity contribution in [3.8, 4) is 6.07 Å². The second kappa shape index (κ2) is 2.15. The summed E-state index contributed by atoms with van der Waals surface area (Å²) in [6, 6.07) is 1.82. The van der Waals surface area contributed by atoms with Gasteiger partial charge in [-0.25, -0.2) is 0 Å². The van der Waals surface area contributed by atoms with Crippen molar-refractivity contribution >= 4 is 0 Å². The quantitative estimate of drug-likeness (QED) is 0.505. The van der Waals surface area contributed by atoms with Crippen molar-refractivity contribution in [3.05, 3.63) is 0 Å². The molecule has 1 atom stereocenters. The van der Waals surface area contributed by atoms with E-state index in [0.717, 1.165) is 12.8 Å². The summed E-state index contributed by atoms with van der Waals surface area (Å²) in [4.78, 5) is 0. The molecule has 1 rings (SSSR count). The van der Waals surface area contributed by atoms with Crippen molar-refractivity contribution in [3.63, 3.8) is 0 Å². The average molecular weight is 111 g/mol. The van der Waals surface area contributed by atoms with Gasteiger partial charge in [0.15, 0.2) is 0 Å². The third-order valence-corrected chi connectivity index (χ3v) is 1.73. The molecule has 0 saturated heterocycles. The molecular weight excluding hydrogens is 102 g/mol. The van der Waals surface area contributed by atoms with Crippen molar-refractivity contribution in [2.24, 2.45) is 5.92 Å². The van der Waals surface area contributed by atoms with Crippen molar-refractivity contribution in [1.29, 1.82) is 5.26 Å². The molecule has 1 fully saturated rings. The Bertz CT molecular complexity index is 112. The van der Waals surface area contributed by atoms with Gasteiger partial charge < -0.3 is 5.11 Å². The van der Waals surface area contributed by atoms with Crippen LogP contribution in [0.25, 0.3) is 0 Å². The number of nitriles is 1. The van der Waals surface area contributed by atoms with E-state index in [1.165, 1.54) is 6.42 Å². The maximum absolute atomic E-state index is 8.82. The fraction of sp³-hybridized carbons (Fsp3) is 0.833. The molecule has 0 aromatic carbocycles. The molecule has 0 aromatic heterocycles. The first kappa shape index (κ1) is 5.58. The van der Waals surface area contributed by atoms with Crippen molar-refractivity contribution in [2.45, 2.75) is 25.4 Å². The Morgan fingerprint density at radius 2 is 2.25 bits per heavy atom. The van der Waals surface area contributed by atoms with E-state index >= 15 is 0 Å². The van der Waals surface area contributed by atoms with E-state index in [0.29, 0.717) is 5.92 Å². The highest BCUT2D eigenvalue weighted by Gasteiger charge is 2.24. The highest BCUT2D eigenvalue weighted by molar-refractivity contribution is 4.91. The molecule has 1 aliphatic carbocycles. The molecule has 1 saturated carbocycles. The standard InChI is InChI=1S/C6H9NO/c7-4-6(8)5-2-1-3-5/h5-6,8H,1-3H2/t6-/m1/s1. The SMILES string of the molecule is N#C[C@@H](O)C1CCC1. The van der Waals surface area contributed by atoms with Crippen LogP contribution in [0.4, 0.5) is 0 Å². The summed E-state index contributed by atoms with van der Waals surface area (Å²) in [5, 5.41) is 17.0. The zero-order valence-electron chi connectivity index (χ0n) is 4.67. The first-order valence-electron chi connectivity index (χ1n) is 2.92. The molecule has 0 bridgehead atoms. The van der Waals surface area contributed by atoms with Crippen LogP contribution in [0.5, 0.6) is 0 Å². The van der Waals surface area contributed by atoms with E-state index < -0.39 is 6.10 Å². The average Bonchev–Trinajstić information content (AvgIpc) is 1.62. The summed E-state index contributed by atoms with van der Waals surface area (Å²) in [7, 11) is 0. The van der Waals surface area contributed by atoms with Crippen LogP contribution in [0.2, 0.25) is 0 Å². The molecule has 1 N–H and O–H groups in total. The Kier molecular flexibility index (Phi) is 1.50. The van der Waals surface area contributed by atoms with Gasteiger partial charge in [0, 0.05) is 0 Å². The van der Waals surface area contributed by atoms with Crippen molar-refractivity contribution in [1.82, 2.24) is 0 Å². The van der Waals surface area contributed by atoms with Crippen LogP contribution in [0.3, 0.4) is 0 Å². The lowest BCUT2D eigenvalue weighted by Gasteiger charge is -2.25. The van der Waals surface area contributed by atoms with Crippen LogP contribution in [0, 0.1) is 17.2 Å². The normalized spacial score (nSPS) is 23.5. The molecule has 0 unspecified atom stereocenters. The molecule has 0 aliphatic heterocycles. The van der Waals surface area contributed by atoms with E-state index in [4.69, 9.17) is 10.4 Å². The van der Waals surface area contributed by atoms with Crippen LogP contribution < -0.4 is 0 Å². The molecule has 8 heavy (non-hydrogen) atoms. The van der Waals surface area contributed by atoms with Crippen LogP contribution in [0.1, 0.15) is 19.3 Å². The number of nitrogens with zero attached hydrogens (tertiary/aromatic N) is 1. The summed E-state index contributed by atoms with van der Waals surface area (Å²) >= 11 is 0. The van der Waals surface area contributed by atoms with E-state index in [9.17, 15) is 0 Å². The molecule has 0 spiro atoms. The van der Waals surface area contributed by atoms with Gasteiger partial charge in [-0.1, -0.05) is 6.42 Å². The molecule has 0 radical (unpaired) electrons. The number of aliphatic hydroxyl groups is 1.